The monoisotopic (exact) mass is 280 g/mol. The molecule has 0 saturated carbocycles. The van der Waals surface area contributed by atoms with Crippen LogP contribution in [0.4, 0.5) is 0 Å². The van der Waals surface area contributed by atoms with Gasteiger partial charge in [0.1, 0.15) is 0 Å². The normalized spacial score (nSPS) is 10.3. The Kier molecular flexibility index (Phi) is 5.96. The van der Waals surface area contributed by atoms with Gasteiger partial charge in [-0.1, -0.05) is 36.4 Å². The third-order valence-electron chi connectivity index (χ3n) is 3.21. The highest BCUT2D eigenvalue weighted by Crippen LogP contribution is 2.07. The van der Waals surface area contributed by atoms with Gasteiger partial charge in [0.05, 0.1) is 18.2 Å². The van der Waals surface area contributed by atoms with Gasteiger partial charge in [-0.25, -0.2) is 0 Å². The Morgan fingerprint density at radius 1 is 1.00 bits per heavy atom. The SMILES string of the molecule is CCOCc1ccc(CNCc2cccc(C#N)c2)cc1. The lowest BCUT2D eigenvalue weighted by Crippen LogP contribution is -2.12. The summed E-state index contributed by atoms with van der Waals surface area (Å²) in [6.07, 6.45) is 0. The van der Waals surface area contributed by atoms with Crippen molar-refractivity contribution in [3.63, 3.8) is 0 Å². The molecule has 3 nitrogen and oxygen atoms in total. The van der Waals surface area contributed by atoms with Crippen molar-refractivity contribution in [2.45, 2.75) is 26.6 Å². The molecule has 0 saturated heterocycles. The van der Waals surface area contributed by atoms with Gasteiger partial charge in [0.25, 0.3) is 0 Å². The van der Waals surface area contributed by atoms with Gasteiger partial charge < -0.3 is 10.1 Å². The van der Waals surface area contributed by atoms with Gasteiger partial charge >= 0.3 is 0 Å². The molecule has 0 bridgehead atoms. The average Bonchev–Trinajstić information content (AvgIpc) is 2.54. The summed E-state index contributed by atoms with van der Waals surface area (Å²) in [6.45, 7) is 4.98. The molecule has 108 valence electrons. The van der Waals surface area contributed by atoms with E-state index in [2.05, 4.69) is 35.7 Å². The maximum absolute atomic E-state index is 8.87. The van der Waals surface area contributed by atoms with E-state index in [0.29, 0.717) is 12.2 Å². The maximum Gasteiger partial charge on any atom is 0.0991 e. The topological polar surface area (TPSA) is 45.0 Å². The predicted octanol–water partition coefficient (Wildman–Crippen LogP) is 3.38. The van der Waals surface area contributed by atoms with E-state index in [4.69, 9.17) is 10.00 Å². The van der Waals surface area contributed by atoms with E-state index in [0.717, 1.165) is 25.3 Å². The molecular weight excluding hydrogens is 260 g/mol. The van der Waals surface area contributed by atoms with Gasteiger partial charge in [0, 0.05) is 19.7 Å². The molecule has 0 aliphatic rings. The first kappa shape index (κ1) is 15.2. The van der Waals surface area contributed by atoms with E-state index in [1.165, 1.54) is 11.1 Å². The highest BCUT2D eigenvalue weighted by atomic mass is 16.5. The Bertz CT molecular complexity index is 599. The molecule has 3 heteroatoms. The lowest BCUT2D eigenvalue weighted by atomic mass is 10.1. The van der Waals surface area contributed by atoms with E-state index >= 15 is 0 Å². The van der Waals surface area contributed by atoms with E-state index in [-0.39, 0.29) is 0 Å². The Balaban J connectivity index is 1.81. The lowest BCUT2D eigenvalue weighted by Gasteiger charge is -2.07. The van der Waals surface area contributed by atoms with Crippen molar-refractivity contribution in [3.05, 3.63) is 70.8 Å². The number of nitrogens with one attached hydrogen (secondary N) is 1. The third-order valence-corrected chi connectivity index (χ3v) is 3.21. The predicted molar refractivity (Wildman–Crippen MR) is 83.5 cm³/mol. The fourth-order valence-electron chi connectivity index (χ4n) is 2.08. The molecule has 0 radical (unpaired) electrons. The molecule has 0 unspecified atom stereocenters. The molecule has 0 aromatic heterocycles. The van der Waals surface area contributed by atoms with Gasteiger partial charge in [0.15, 0.2) is 0 Å². The second-order valence-corrected chi connectivity index (χ2v) is 4.87. The molecule has 0 aliphatic heterocycles. The maximum atomic E-state index is 8.87. The minimum atomic E-state index is 0.672. The zero-order valence-corrected chi connectivity index (χ0v) is 12.3. The molecule has 0 spiro atoms. The van der Waals surface area contributed by atoms with Gasteiger partial charge in [0.2, 0.25) is 0 Å². The van der Waals surface area contributed by atoms with Crippen molar-refractivity contribution in [2.75, 3.05) is 6.61 Å². The molecule has 0 heterocycles. The number of rotatable bonds is 7. The Morgan fingerprint density at radius 3 is 2.43 bits per heavy atom. The summed E-state index contributed by atoms with van der Waals surface area (Å²) >= 11 is 0. The molecule has 0 amide bonds. The average molecular weight is 280 g/mol. The Morgan fingerprint density at radius 2 is 1.71 bits per heavy atom. The lowest BCUT2D eigenvalue weighted by molar-refractivity contribution is 0.134. The van der Waals surface area contributed by atoms with Crippen molar-refractivity contribution < 1.29 is 4.74 Å². The van der Waals surface area contributed by atoms with Gasteiger partial charge in [-0.05, 0) is 35.7 Å². The first-order valence-corrected chi connectivity index (χ1v) is 7.17. The molecule has 2 aromatic rings. The van der Waals surface area contributed by atoms with Crippen LogP contribution in [0.1, 0.15) is 29.2 Å². The fraction of sp³-hybridized carbons (Fsp3) is 0.278. The Labute approximate surface area is 126 Å². The number of benzene rings is 2. The second-order valence-electron chi connectivity index (χ2n) is 4.87. The summed E-state index contributed by atoms with van der Waals surface area (Å²) in [4.78, 5) is 0. The first-order valence-electron chi connectivity index (χ1n) is 7.17. The van der Waals surface area contributed by atoms with Crippen LogP contribution in [0.15, 0.2) is 48.5 Å². The molecular formula is C18H20N2O. The number of nitriles is 1. The zero-order valence-electron chi connectivity index (χ0n) is 12.3. The van der Waals surface area contributed by atoms with E-state index in [1.807, 2.05) is 31.2 Å². The van der Waals surface area contributed by atoms with Gasteiger partial charge in [-0.3, -0.25) is 0 Å². The van der Waals surface area contributed by atoms with E-state index in [1.54, 1.807) is 0 Å². The van der Waals surface area contributed by atoms with Crippen LogP contribution in [0, 0.1) is 11.3 Å². The molecule has 0 atom stereocenters. The molecule has 0 fully saturated rings. The summed E-state index contributed by atoms with van der Waals surface area (Å²) in [5.74, 6) is 0. The Hall–Kier alpha value is -2.15. The van der Waals surface area contributed by atoms with Crippen LogP contribution in [0.2, 0.25) is 0 Å². The number of hydrogen-bond acceptors (Lipinski definition) is 3. The van der Waals surface area contributed by atoms with Gasteiger partial charge in [-0.2, -0.15) is 5.26 Å². The second kappa shape index (κ2) is 8.21. The van der Waals surface area contributed by atoms with Crippen LogP contribution in [-0.4, -0.2) is 6.61 Å². The quantitative estimate of drug-likeness (QED) is 0.845. The fourth-order valence-corrected chi connectivity index (χ4v) is 2.08. The van der Waals surface area contributed by atoms with E-state index in [9.17, 15) is 0 Å². The summed E-state index contributed by atoms with van der Waals surface area (Å²) in [5.41, 5.74) is 4.27. The minimum Gasteiger partial charge on any atom is -0.377 e. The summed E-state index contributed by atoms with van der Waals surface area (Å²) < 4.78 is 5.38. The first-order chi connectivity index (χ1) is 10.3. The zero-order chi connectivity index (χ0) is 14.9. The number of nitrogens with zero attached hydrogens (tertiary/aromatic N) is 1. The van der Waals surface area contributed by atoms with Crippen LogP contribution >= 0.6 is 0 Å². The molecule has 0 aliphatic carbocycles. The largest absolute Gasteiger partial charge is 0.377 e. The van der Waals surface area contributed by atoms with Crippen LogP contribution in [-0.2, 0) is 24.4 Å². The number of hydrogen-bond donors (Lipinski definition) is 1. The van der Waals surface area contributed by atoms with Crippen LogP contribution in [0.5, 0.6) is 0 Å². The molecule has 1 N–H and O–H groups in total. The standard InChI is InChI=1S/C18H20N2O/c1-2-21-14-16-8-6-15(7-9-16)12-20-13-18-5-3-4-17(10-18)11-19/h3-10,20H,2,12-14H2,1H3. The van der Waals surface area contributed by atoms with Gasteiger partial charge in [-0.15, -0.1) is 0 Å². The van der Waals surface area contributed by atoms with Crippen LogP contribution in [0.3, 0.4) is 0 Å². The van der Waals surface area contributed by atoms with Crippen molar-refractivity contribution in [1.29, 1.82) is 5.26 Å². The molecule has 2 rings (SSSR count). The number of ether oxygens (including phenoxy) is 1. The van der Waals surface area contributed by atoms with Crippen LogP contribution in [0.25, 0.3) is 0 Å². The smallest absolute Gasteiger partial charge is 0.0991 e. The minimum absolute atomic E-state index is 0.672. The third kappa shape index (κ3) is 5.03. The highest BCUT2D eigenvalue weighted by molar-refractivity contribution is 5.32. The van der Waals surface area contributed by atoms with E-state index < -0.39 is 0 Å². The molecule has 2 aromatic carbocycles. The van der Waals surface area contributed by atoms with Crippen molar-refractivity contribution in [1.82, 2.24) is 5.32 Å². The summed E-state index contributed by atoms with van der Waals surface area (Å²) in [6, 6.07) is 18.3. The summed E-state index contributed by atoms with van der Waals surface area (Å²) in [7, 11) is 0. The van der Waals surface area contributed by atoms with Crippen molar-refractivity contribution in [2.24, 2.45) is 0 Å². The van der Waals surface area contributed by atoms with Crippen molar-refractivity contribution >= 4 is 0 Å². The van der Waals surface area contributed by atoms with Crippen LogP contribution < -0.4 is 5.32 Å². The highest BCUT2D eigenvalue weighted by Gasteiger charge is 1.97. The molecule has 21 heavy (non-hydrogen) atoms. The summed E-state index contributed by atoms with van der Waals surface area (Å²) in [5, 5.41) is 12.3. The van der Waals surface area contributed by atoms with Crippen molar-refractivity contribution in [3.8, 4) is 6.07 Å².